The minimum atomic E-state index is -3.75. The fraction of sp³-hybridized carbons (Fsp3) is 0.278. The van der Waals surface area contributed by atoms with Gasteiger partial charge in [-0.3, -0.25) is 4.79 Å². The van der Waals surface area contributed by atoms with Gasteiger partial charge in [-0.1, -0.05) is 23.7 Å². The van der Waals surface area contributed by atoms with Crippen LogP contribution in [0.2, 0.25) is 5.02 Å². The van der Waals surface area contributed by atoms with Crippen molar-refractivity contribution in [1.29, 1.82) is 0 Å². The van der Waals surface area contributed by atoms with Gasteiger partial charge in [-0.15, -0.1) is 0 Å². The van der Waals surface area contributed by atoms with Gasteiger partial charge in [-0.05, 0) is 55.3 Å². The van der Waals surface area contributed by atoms with Crippen LogP contribution in [0.15, 0.2) is 47.4 Å². The van der Waals surface area contributed by atoms with E-state index in [1.807, 2.05) is 0 Å². The van der Waals surface area contributed by atoms with Crippen LogP contribution in [0, 0.1) is 0 Å². The third-order valence-electron chi connectivity index (χ3n) is 4.39. The van der Waals surface area contributed by atoms with Gasteiger partial charge < -0.3 is 4.90 Å². The number of benzene rings is 2. The molecule has 1 amide bonds. The molecular weight excluding hydrogens is 360 g/mol. The Morgan fingerprint density at radius 1 is 1.12 bits per heavy atom. The van der Waals surface area contributed by atoms with Crippen LogP contribution in [0.4, 0.5) is 5.69 Å². The zero-order valence-corrected chi connectivity index (χ0v) is 15.8. The largest absolute Gasteiger partial charge is 0.315 e. The van der Waals surface area contributed by atoms with E-state index < -0.39 is 15.6 Å². The molecule has 3 rings (SSSR count). The summed E-state index contributed by atoms with van der Waals surface area (Å²) in [5, 5.41) is 0.592. The lowest BCUT2D eigenvalue weighted by Gasteiger charge is -2.27. The van der Waals surface area contributed by atoms with Crippen LogP contribution in [-0.2, 0) is 26.8 Å². The number of sulfonamides is 1. The maximum Gasteiger partial charge on any atom is 0.241 e. The van der Waals surface area contributed by atoms with E-state index in [9.17, 15) is 13.2 Å². The summed E-state index contributed by atoms with van der Waals surface area (Å²) in [7, 11) is -2.06. The van der Waals surface area contributed by atoms with Crippen molar-refractivity contribution in [2.45, 2.75) is 30.7 Å². The van der Waals surface area contributed by atoms with E-state index in [-0.39, 0.29) is 17.2 Å². The second kappa shape index (κ2) is 6.12. The van der Waals surface area contributed by atoms with E-state index >= 15 is 0 Å². The highest BCUT2D eigenvalue weighted by molar-refractivity contribution is 7.89. The third kappa shape index (κ3) is 3.42. The normalized spacial score (nSPS) is 14.7. The van der Waals surface area contributed by atoms with Crippen molar-refractivity contribution in [3.63, 3.8) is 0 Å². The van der Waals surface area contributed by atoms with Crippen LogP contribution in [0.3, 0.4) is 0 Å². The molecule has 1 aliphatic heterocycles. The van der Waals surface area contributed by atoms with Gasteiger partial charge in [0.25, 0.3) is 0 Å². The molecule has 1 aliphatic rings. The van der Waals surface area contributed by atoms with Gasteiger partial charge in [0.05, 0.1) is 16.9 Å². The topological polar surface area (TPSA) is 66.5 Å². The van der Waals surface area contributed by atoms with Crippen LogP contribution >= 0.6 is 11.6 Å². The van der Waals surface area contributed by atoms with Crippen molar-refractivity contribution < 1.29 is 13.2 Å². The average Bonchev–Trinajstić information content (AvgIpc) is 2.81. The molecule has 25 heavy (non-hydrogen) atoms. The number of hydrogen-bond acceptors (Lipinski definition) is 3. The molecule has 5 nitrogen and oxygen atoms in total. The van der Waals surface area contributed by atoms with Crippen LogP contribution in [0.25, 0.3) is 0 Å². The molecule has 0 unspecified atom stereocenters. The first-order chi connectivity index (χ1) is 11.6. The van der Waals surface area contributed by atoms with Gasteiger partial charge in [-0.2, -0.15) is 0 Å². The summed E-state index contributed by atoms with van der Waals surface area (Å²) < 4.78 is 28.4. The van der Waals surface area contributed by atoms with Crippen LogP contribution in [-0.4, -0.2) is 21.4 Å². The number of carbonyl (C=O) groups is 1. The quantitative estimate of drug-likeness (QED) is 0.889. The van der Waals surface area contributed by atoms with Crippen LogP contribution in [0.5, 0.6) is 0 Å². The molecule has 1 N–H and O–H groups in total. The first-order valence-corrected chi connectivity index (χ1v) is 9.66. The first-order valence-electron chi connectivity index (χ1n) is 7.80. The standard InChI is InChI=1S/C18H19ClN2O3S/c1-18(2,13-4-6-14(19)7-5-13)20-25(23,24)15-8-9-16-12(10-15)11-17(22)21(16)3/h4-10,20H,11H2,1-3H3. The minimum Gasteiger partial charge on any atom is -0.315 e. The zero-order chi connectivity index (χ0) is 18.4. The van der Waals surface area contributed by atoms with Gasteiger partial charge in [0, 0.05) is 17.8 Å². The molecule has 7 heteroatoms. The summed E-state index contributed by atoms with van der Waals surface area (Å²) in [6.45, 7) is 3.58. The maximum atomic E-state index is 12.8. The second-order valence-corrected chi connectivity index (χ2v) is 8.78. The molecule has 0 radical (unpaired) electrons. The summed E-state index contributed by atoms with van der Waals surface area (Å²) in [4.78, 5) is 13.5. The van der Waals surface area contributed by atoms with E-state index in [0.29, 0.717) is 5.02 Å². The Bertz CT molecular complexity index is 937. The molecule has 0 atom stereocenters. The SMILES string of the molecule is CN1C(=O)Cc2cc(S(=O)(=O)NC(C)(C)c3ccc(Cl)cc3)ccc21. The third-order valence-corrected chi connectivity index (χ3v) is 6.30. The van der Waals surface area contributed by atoms with Crippen LogP contribution < -0.4 is 9.62 Å². The van der Waals surface area contributed by atoms with E-state index in [0.717, 1.165) is 16.8 Å². The summed E-state index contributed by atoms with van der Waals surface area (Å²) in [6, 6.07) is 11.8. The Labute approximate surface area is 152 Å². The smallest absolute Gasteiger partial charge is 0.241 e. The minimum absolute atomic E-state index is 0.0426. The number of fused-ring (bicyclic) bond motifs is 1. The summed E-state index contributed by atoms with van der Waals surface area (Å²) in [5.41, 5.74) is 1.46. The molecule has 2 aromatic carbocycles. The Balaban J connectivity index is 1.91. The summed E-state index contributed by atoms with van der Waals surface area (Å²) in [5.74, 6) is -0.0426. The number of nitrogens with one attached hydrogen (secondary N) is 1. The van der Waals surface area contributed by atoms with Crippen molar-refractivity contribution in [1.82, 2.24) is 4.72 Å². The first kappa shape index (κ1) is 17.9. The van der Waals surface area contributed by atoms with E-state index in [1.165, 1.54) is 11.0 Å². The fourth-order valence-corrected chi connectivity index (χ4v) is 4.51. The second-order valence-electron chi connectivity index (χ2n) is 6.66. The maximum absolute atomic E-state index is 12.8. The highest BCUT2D eigenvalue weighted by Gasteiger charge is 2.30. The van der Waals surface area contributed by atoms with E-state index in [4.69, 9.17) is 11.6 Å². The number of hydrogen-bond donors (Lipinski definition) is 1. The summed E-state index contributed by atoms with van der Waals surface area (Å²) >= 11 is 5.90. The van der Waals surface area contributed by atoms with Gasteiger partial charge in [0.15, 0.2) is 0 Å². The monoisotopic (exact) mass is 378 g/mol. The fourth-order valence-electron chi connectivity index (χ4n) is 2.93. The number of nitrogens with zero attached hydrogens (tertiary/aromatic N) is 1. The molecule has 0 bridgehead atoms. The van der Waals surface area contributed by atoms with Gasteiger partial charge in [0.2, 0.25) is 15.9 Å². The highest BCUT2D eigenvalue weighted by Crippen LogP contribution is 2.31. The molecular formula is C18H19ClN2O3S. The Morgan fingerprint density at radius 3 is 2.40 bits per heavy atom. The molecule has 132 valence electrons. The van der Waals surface area contributed by atoms with Crippen molar-refractivity contribution in [2.75, 3.05) is 11.9 Å². The lowest BCUT2D eigenvalue weighted by molar-refractivity contribution is -0.117. The molecule has 0 saturated heterocycles. The molecule has 0 fully saturated rings. The van der Waals surface area contributed by atoms with Crippen molar-refractivity contribution in [3.8, 4) is 0 Å². The molecule has 1 heterocycles. The molecule has 2 aromatic rings. The number of anilines is 1. The van der Waals surface area contributed by atoms with Gasteiger partial charge in [0.1, 0.15) is 0 Å². The Morgan fingerprint density at radius 2 is 1.76 bits per heavy atom. The summed E-state index contributed by atoms with van der Waals surface area (Å²) in [6.07, 6.45) is 0.218. The molecule has 0 spiro atoms. The Hall–Kier alpha value is -1.89. The molecule has 0 aliphatic carbocycles. The lowest BCUT2D eigenvalue weighted by Crippen LogP contribution is -2.40. The number of likely N-dealkylation sites (N-methyl/N-ethyl adjacent to an activating group) is 1. The predicted octanol–water partition coefficient (Wildman–Crippen LogP) is 3.07. The number of carbonyl (C=O) groups excluding carboxylic acids is 1. The average molecular weight is 379 g/mol. The van der Waals surface area contributed by atoms with Crippen LogP contribution in [0.1, 0.15) is 25.0 Å². The number of halogens is 1. The van der Waals surface area contributed by atoms with Gasteiger partial charge >= 0.3 is 0 Å². The number of amides is 1. The van der Waals surface area contributed by atoms with Crippen molar-refractivity contribution >= 4 is 33.2 Å². The zero-order valence-electron chi connectivity index (χ0n) is 14.2. The lowest BCUT2D eigenvalue weighted by atomic mass is 9.96. The highest BCUT2D eigenvalue weighted by atomic mass is 35.5. The molecule has 0 aromatic heterocycles. The molecule has 0 saturated carbocycles. The van der Waals surface area contributed by atoms with Crippen molar-refractivity contribution in [2.24, 2.45) is 0 Å². The van der Waals surface area contributed by atoms with E-state index in [1.54, 1.807) is 57.3 Å². The predicted molar refractivity (Wildman–Crippen MR) is 98.4 cm³/mol. The van der Waals surface area contributed by atoms with E-state index in [2.05, 4.69) is 4.72 Å². The van der Waals surface area contributed by atoms with Gasteiger partial charge in [-0.25, -0.2) is 13.1 Å². The number of rotatable bonds is 4. The van der Waals surface area contributed by atoms with Crippen molar-refractivity contribution in [3.05, 3.63) is 58.6 Å². The Kier molecular flexibility index (Phi) is 4.39.